The van der Waals surface area contributed by atoms with Gasteiger partial charge in [0.1, 0.15) is 5.82 Å². The number of benzene rings is 2. The minimum Gasteiger partial charge on any atom is -0.462 e. The van der Waals surface area contributed by atoms with E-state index in [9.17, 15) is 14.0 Å². The SMILES string of the molecule is CCOC(=O)c1cc(NC(=O)c2ccc(C#N)cc2F)ccc1N1CCOCC1.Cl. The molecule has 0 atom stereocenters. The first-order valence-electron chi connectivity index (χ1n) is 9.18. The summed E-state index contributed by atoms with van der Waals surface area (Å²) in [6.45, 7) is 4.31. The van der Waals surface area contributed by atoms with E-state index in [2.05, 4.69) is 5.32 Å². The van der Waals surface area contributed by atoms with Gasteiger partial charge in [0.2, 0.25) is 0 Å². The van der Waals surface area contributed by atoms with Crippen LogP contribution in [0.5, 0.6) is 0 Å². The van der Waals surface area contributed by atoms with Crippen molar-refractivity contribution in [3.05, 3.63) is 58.9 Å². The van der Waals surface area contributed by atoms with Crippen molar-refractivity contribution in [3.8, 4) is 6.07 Å². The van der Waals surface area contributed by atoms with E-state index < -0.39 is 17.7 Å². The Morgan fingerprint density at radius 2 is 1.93 bits per heavy atom. The molecule has 9 heteroatoms. The van der Waals surface area contributed by atoms with Crippen LogP contribution in [0.1, 0.15) is 33.2 Å². The molecule has 0 aromatic heterocycles. The number of anilines is 2. The Hall–Kier alpha value is -3.15. The first-order chi connectivity index (χ1) is 14.0. The van der Waals surface area contributed by atoms with Crippen LogP contribution in [0.3, 0.4) is 0 Å². The number of morpholine rings is 1. The molecular weight excluding hydrogens is 413 g/mol. The zero-order valence-corrected chi connectivity index (χ0v) is 17.1. The number of carbonyl (C=O) groups is 2. The Labute approximate surface area is 179 Å². The lowest BCUT2D eigenvalue weighted by Crippen LogP contribution is -2.37. The molecule has 1 amide bonds. The maximum atomic E-state index is 14.1. The summed E-state index contributed by atoms with van der Waals surface area (Å²) in [6.07, 6.45) is 0. The number of esters is 1. The molecule has 158 valence electrons. The van der Waals surface area contributed by atoms with E-state index in [0.29, 0.717) is 43.2 Å². The number of nitrogens with one attached hydrogen (secondary N) is 1. The summed E-state index contributed by atoms with van der Waals surface area (Å²) in [4.78, 5) is 26.9. The van der Waals surface area contributed by atoms with Gasteiger partial charge in [0.25, 0.3) is 5.91 Å². The fraction of sp³-hybridized carbons (Fsp3) is 0.286. The third-order valence-electron chi connectivity index (χ3n) is 4.44. The first kappa shape index (κ1) is 23.1. The van der Waals surface area contributed by atoms with Gasteiger partial charge in [-0.1, -0.05) is 0 Å². The van der Waals surface area contributed by atoms with E-state index in [0.717, 1.165) is 6.07 Å². The van der Waals surface area contributed by atoms with E-state index in [1.54, 1.807) is 19.1 Å². The molecule has 1 N–H and O–H groups in total. The van der Waals surface area contributed by atoms with Crippen LogP contribution in [0.15, 0.2) is 36.4 Å². The van der Waals surface area contributed by atoms with Gasteiger partial charge in [-0.15, -0.1) is 12.4 Å². The number of nitriles is 1. The van der Waals surface area contributed by atoms with Crippen LogP contribution >= 0.6 is 12.4 Å². The highest BCUT2D eigenvalue weighted by molar-refractivity contribution is 6.06. The van der Waals surface area contributed by atoms with Gasteiger partial charge in [-0.05, 0) is 43.3 Å². The normalized spacial score (nSPS) is 13.0. The average Bonchev–Trinajstić information content (AvgIpc) is 2.74. The molecule has 1 aliphatic heterocycles. The lowest BCUT2D eigenvalue weighted by molar-refractivity contribution is 0.0526. The maximum Gasteiger partial charge on any atom is 0.340 e. The van der Waals surface area contributed by atoms with Crippen LogP contribution in [0, 0.1) is 17.1 Å². The Bertz CT molecular complexity index is 971. The third kappa shape index (κ3) is 5.26. The second-order valence-corrected chi connectivity index (χ2v) is 6.31. The number of halogens is 2. The number of carbonyl (C=O) groups excluding carboxylic acids is 2. The predicted molar refractivity (Wildman–Crippen MR) is 112 cm³/mol. The van der Waals surface area contributed by atoms with Gasteiger partial charge in [0, 0.05) is 18.8 Å². The molecule has 0 spiro atoms. The van der Waals surface area contributed by atoms with Crippen molar-refractivity contribution >= 4 is 35.7 Å². The van der Waals surface area contributed by atoms with Gasteiger partial charge in [0.05, 0.1) is 48.3 Å². The monoisotopic (exact) mass is 433 g/mol. The van der Waals surface area contributed by atoms with Crippen LogP contribution in [0.4, 0.5) is 15.8 Å². The molecule has 1 saturated heterocycles. The number of nitrogens with zero attached hydrogens (tertiary/aromatic N) is 2. The summed E-state index contributed by atoms with van der Waals surface area (Å²) < 4.78 is 24.6. The highest BCUT2D eigenvalue weighted by atomic mass is 35.5. The van der Waals surface area contributed by atoms with Gasteiger partial charge in [-0.25, -0.2) is 9.18 Å². The first-order valence-corrected chi connectivity index (χ1v) is 9.18. The van der Waals surface area contributed by atoms with Crippen molar-refractivity contribution in [2.75, 3.05) is 43.1 Å². The molecule has 2 aromatic carbocycles. The van der Waals surface area contributed by atoms with Crippen molar-refractivity contribution in [1.29, 1.82) is 5.26 Å². The quantitative estimate of drug-likeness (QED) is 0.727. The summed E-state index contributed by atoms with van der Waals surface area (Å²) in [6, 6.07) is 10.3. The Kier molecular flexibility index (Phi) is 8.16. The van der Waals surface area contributed by atoms with Crippen LogP contribution in [-0.2, 0) is 9.47 Å². The second kappa shape index (κ2) is 10.6. The zero-order chi connectivity index (χ0) is 20.8. The van der Waals surface area contributed by atoms with Crippen molar-refractivity contribution in [3.63, 3.8) is 0 Å². The molecule has 0 bridgehead atoms. The van der Waals surface area contributed by atoms with Crippen LogP contribution in [0.2, 0.25) is 0 Å². The second-order valence-electron chi connectivity index (χ2n) is 6.31. The van der Waals surface area contributed by atoms with Crippen molar-refractivity contribution in [1.82, 2.24) is 0 Å². The van der Waals surface area contributed by atoms with E-state index in [-0.39, 0.29) is 30.1 Å². The minimum atomic E-state index is -0.794. The summed E-state index contributed by atoms with van der Waals surface area (Å²) in [5.41, 5.74) is 1.26. The van der Waals surface area contributed by atoms with Gasteiger partial charge < -0.3 is 19.7 Å². The highest BCUT2D eigenvalue weighted by Crippen LogP contribution is 2.27. The molecular formula is C21H21ClFN3O4. The third-order valence-corrected chi connectivity index (χ3v) is 4.44. The fourth-order valence-electron chi connectivity index (χ4n) is 3.03. The van der Waals surface area contributed by atoms with E-state index in [4.69, 9.17) is 14.7 Å². The van der Waals surface area contributed by atoms with Crippen molar-refractivity contribution in [2.45, 2.75) is 6.92 Å². The van der Waals surface area contributed by atoms with Crippen molar-refractivity contribution in [2.24, 2.45) is 0 Å². The zero-order valence-electron chi connectivity index (χ0n) is 16.3. The minimum absolute atomic E-state index is 0. The van der Waals surface area contributed by atoms with Gasteiger partial charge >= 0.3 is 5.97 Å². The number of ether oxygens (including phenoxy) is 2. The lowest BCUT2D eigenvalue weighted by atomic mass is 10.1. The molecule has 3 rings (SSSR count). The molecule has 7 nitrogen and oxygen atoms in total. The van der Waals surface area contributed by atoms with Gasteiger partial charge in [-0.3, -0.25) is 4.79 Å². The highest BCUT2D eigenvalue weighted by Gasteiger charge is 2.21. The molecule has 0 unspecified atom stereocenters. The van der Waals surface area contributed by atoms with Crippen LogP contribution < -0.4 is 10.2 Å². The molecule has 30 heavy (non-hydrogen) atoms. The van der Waals surface area contributed by atoms with Gasteiger partial charge in [-0.2, -0.15) is 5.26 Å². The molecule has 1 aliphatic rings. The number of amides is 1. The summed E-state index contributed by atoms with van der Waals surface area (Å²) >= 11 is 0. The van der Waals surface area contributed by atoms with Gasteiger partial charge in [0.15, 0.2) is 0 Å². The molecule has 2 aromatic rings. The molecule has 1 heterocycles. The largest absolute Gasteiger partial charge is 0.462 e. The topological polar surface area (TPSA) is 91.7 Å². The maximum absolute atomic E-state index is 14.1. The fourth-order valence-corrected chi connectivity index (χ4v) is 3.03. The Morgan fingerprint density at radius 3 is 2.57 bits per heavy atom. The smallest absolute Gasteiger partial charge is 0.340 e. The standard InChI is InChI=1S/C21H20FN3O4.ClH/c1-2-29-21(27)17-12-15(4-6-19(17)25-7-9-28-10-8-25)24-20(26)16-5-3-14(13-23)11-18(16)22;/h3-6,11-12H,2,7-10H2,1H3,(H,24,26);1H. The van der Waals surface area contributed by atoms with E-state index in [1.807, 2.05) is 11.0 Å². The number of hydrogen-bond donors (Lipinski definition) is 1. The molecule has 0 radical (unpaired) electrons. The molecule has 1 fully saturated rings. The molecule has 0 saturated carbocycles. The van der Waals surface area contributed by atoms with E-state index >= 15 is 0 Å². The average molecular weight is 434 g/mol. The number of rotatable bonds is 5. The summed E-state index contributed by atoms with van der Waals surface area (Å²) in [7, 11) is 0. The Balaban J connectivity index is 0.00000320. The number of hydrogen-bond acceptors (Lipinski definition) is 6. The predicted octanol–water partition coefficient (Wildman–Crippen LogP) is 3.38. The van der Waals surface area contributed by atoms with E-state index in [1.165, 1.54) is 18.2 Å². The Morgan fingerprint density at radius 1 is 1.20 bits per heavy atom. The summed E-state index contributed by atoms with van der Waals surface area (Å²) in [5.74, 6) is -1.98. The van der Waals surface area contributed by atoms with Crippen LogP contribution in [-0.4, -0.2) is 44.8 Å². The molecule has 0 aliphatic carbocycles. The van der Waals surface area contributed by atoms with Crippen molar-refractivity contribution < 1.29 is 23.5 Å². The summed E-state index contributed by atoms with van der Waals surface area (Å²) in [5, 5.41) is 11.4. The van der Waals surface area contributed by atoms with Crippen LogP contribution in [0.25, 0.3) is 0 Å². The lowest BCUT2D eigenvalue weighted by Gasteiger charge is -2.30.